The Kier molecular flexibility index (Phi) is 6.77. The number of amides is 1. The van der Waals surface area contributed by atoms with Crippen LogP contribution in [0.5, 0.6) is 0 Å². The summed E-state index contributed by atoms with van der Waals surface area (Å²) in [6.07, 6.45) is -0.708. The fourth-order valence-corrected chi connectivity index (χ4v) is 2.89. The monoisotopic (exact) mass is 357 g/mol. The lowest BCUT2D eigenvalue weighted by Gasteiger charge is -2.19. The summed E-state index contributed by atoms with van der Waals surface area (Å²) in [6, 6.07) is 0. The standard InChI is InChI=1S/C16H23NO6S/c1-7-21-13(18)10-9(3)11(14(19)23-16(4,5)6)24-12(10)17-15(20)22-8-2/h7-8H2,1-6H3,(H,17,20). The van der Waals surface area contributed by atoms with Gasteiger partial charge in [0.15, 0.2) is 0 Å². The number of nitrogens with one attached hydrogen (secondary N) is 1. The van der Waals surface area contributed by atoms with E-state index in [2.05, 4.69) is 5.32 Å². The predicted octanol–water partition coefficient (Wildman–Crippen LogP) is 3.76. The SMILES string of the molecule is CCOC(=O)Nc1sc(C(=O)OC(C)(C)C)c(C)c1C(=O)OCC. The van der Waals surface area contributed by atoms with E-state index in [0.29, 0.717) is 5.56 Å². The Morgan fingerprint density at radius 3 is 2.12 bits per heavy atom. The molecule has 134 valence electrons. The highest BCUT2D eigenvalue weighted by Crippen LogP contribution is 2.35. The van der Waals surface area contributed by atoms with Crippen molar-refractivity contribution in [1.29, 1.82) is 0 Å². The van der Waals surface area contributed by atoms with E-state index in [1.165, 1.54) is 0 Å². The van der Waals surface area contributed by atoms with Crippen LogP contribution in [-0.4, -0.2) is 36.8 Å². The van der Waals surface area contributed by atoms with E-state index in [1.54, 1.807) is 41.5 Å². The normalized spacial score (nSPS) is 10.9. The molecule has 24 heavy (non-hydrogen) atoms. The molecule has 0 aliphatic carbocycles. The number of thiophene rings is 1. The van der Waals surface area contributed by atoms with Crippen molar-refractivity contribution in [3.63, 3.8) is 0 Å². The third-order valence-corrected chi connectivity index (χ3v) is 3.89. The van der Waals surface area contributed by atoms with Gasteiger partial charge in [0.2, 0.25) is 0 Å². The first-order valence-corrected chi connectivity index (χ1v) is 8.40. The van der Waals surface area contributed by atoms with Crippen molar-refractivity contribution < 1.29 is 28.6 Å². The van der Waals surface area contributed by atoms with Gasteiger partial charge in [-0.05, 0) is 47.1 Å². The van der Waals surface area contributed by atoms with Gasteiger partial charge >= 0.3 is 18.0 Å². The van der Waals surface area contributed by atoms with Crippen molar-refractivity contribution in [3.8, 4) is 0 Å². The maximum absolute atomic E-state index is 12.3. The van der Waals surface area contributed by atoms with Crippen LogP contribution in [0, 0.1) is 6.92 Å². The van der Waals surface area contributed by atoms with E-state index >= 15 is 0 Å². The number of hydrogen-bond donors (Lipinski definition) is 1. The third-order valence-electron chi connectivity index (χ3n) is 2.70. The van der Waals surface area contributed by atoms with Gasteiger partial charge in [-0.2, -0.15) is 0 Å². The van der Waals surface area contributed by atoms with Gasteiger partial charge in [0.1, 0.15) is 15.5 Å². The molecular formula is C16H23NO6S. The molecule has 0 saturated carbocycles. The summed E-state index contributed by atoms with van der Waals surface area (Å²) in [5, 5.41) is 2.68. The van der Waals surface area contributed by atoms with Crippen LogP contribution in [-0.2, 0) is 14.2 Å². The molecule has 1 heterocycles. The van der Waals surface area contributed by atoms with Crippen LogP contribution in [0.1, 0.15) is 60.2 Å². The summed E-state index contributed by atoms with van der Waals surface area (Å²) >= 11 is 0.956. The minimum Gasteiger partial charge on any atom is -0.462 e. The van der Waals surface area contributed by atoms with E-state index in [-0.39, 0.29) is 28.7 Å². The molecule has 0 bridgehead atoms. The molecule has 0 atom stereocenters. The molecule has 0 radical (unpaired) electrons. The number of rotatable bonds is 5. The van der Waals surface area contributed by atoms with Gasteiger partial charge in [-0.1, -0.05) is 0 Å². The lowest BCUT2D eigenvalue weighted by molar-refractivity contribution is 0.00744. The number of hydrogen-bond acceptors (Lipinski definition) is 7. The molecular weight excluding hydrogens is 334 g/mol. The highest BCUT2D eigenvalue weighted by molar-refractivity contribution is 7.18. The van der Waals surface area contributed by atoms with Crippen molar-refractivity contribution >= 4 is 34.4 Å². The fraction of sp³-hybridized carbons (Fsp3) is 0.562. The maximum atomic E-state index is 12.3. The van der Waals surface area contributed by atoms with E-state index in [4.69, 9.17) is 14.2 Å². The molecule has 0 saturated heterocycles. The van der Waals surface area contributed by atoms with Crippen molar-refractivity contribution in [1.82, 2.24) is 0 Å². The Morgan fingerprint density at radius 1 is 1.04 bits per heavy atom. The predicted molar refractivity (Wildman–Crippen MR) is 90.8 cm³/mol. The van der Waals surface area contributed by atoms with Crippen LogP contribution in [0.25, 0.3) is 0 Å². The van der Waals surface area contributed by atoms with Gasteiger partial charge in [0, 0.05) is 0 Å². The summed E-state index contributed by atoms with van der Waals surface area (Å²) < 4.78 is 15.2. The average molecular weight is 357 g/mol. The molecule has 0 unspecified atom stereocenters. The van der Waals surface area contributed by atoms with E-state index in [9.17, 15) is 14.4 Å². The molecule has 0 spiro atoms. The quantitative estimate of drug-likeness (QED) is 0.637. The minimum atomic E-state index is -0.708. The Hall–Kier alpha value is -2.09. The largest absolute Gasteiger partial charge is 0.462 e. The van der Waals surface area contributed by atoms with E-state index < -0.39 is 23.6 Å². The van der Waals surface area contributed by atoms with Crippen LogP contribution in [0.4, 0.5) is 9.80 Å². The third kappa shape index (κ3) is 5.23. The van der Waals surface area contributed by atoms with Gasteiger partial charge in [-0.25, -0.2) is 14.4 Å². The number of carbonyl (C=O) groups is 3. The Labute approximate surface area is 145 Å². The first kappa shape index (κ1) is 20.0. The zero-order chi connectivity index (χ0) is 18.5. The Morgan fingerprint density at radius 2 is 1.62 bits per heavy atom. The highest BCUT2D eigenvalue weighted by Gasteiger charge is 2.29. The molecule has 8 heteroatoms. The van der Waals surface area contributed by atoms with Crippen LogP contribution < -0.4 is 5.32 Å². The maximum Gasteiger partial charge on any atom is 0.412 e. The summed E-state index contributed by atoms with van der Waals surface area (Å²) in [7, 11) is 0. The second-order valence-electron chi connectivity index (χ2n) is 5.83. The molecule has 0 aliphatic heterocycles. The highest BCUT2D eigenvalue weighted by atomic mass is 32.1. The van der Waals surface area contributed by atoms with Crippen molar-refractivity contribution in [3.05, 3.63) is 16.0 Å². The van der Waals surface area contributed by atoms with Crippen LogP contribution in [0.15, 0.2) is 0 Å². The summed E-state index contributed by atoms with van der Waals surface area (Å²) in [5.41, 5.74) is -0.137. The second-order valence-corrected chi connectivity index (χ2v) is 6.85. The Balaban J connectivity index is 3.25. The number of carbonyl (C=O) groups excluding carboxylic acids is 3. The zero-order valence-corrected chi connectivity index (χ0v) is 15.6. The van der Waals surface area contributed by atoms with Crippen molar-refractivity contribution in [2.24, 2.45) is 0 Å². The smallest absolute Gasteiger partial charge is 0.412 e. The summed E-state index contributed by atoms with van der Waals surface area (Å²) in [4.78, 5) is 36.4. The van der Waals surface area contributed by atoms with Gasteiger partial charge in [-0.15, -0.1) is 11.3 Å². The Bertz CT molecular complexity index is 629. The van der Waals surface area contributed by atoms with Crippen LogP contribution >= 0.6 is 11.3 Å². The molecule has 7 nitrogen and oxygen atoms in total. The van der Waals surface area contributed by atoms with Crippen LogP contribution in [0.3, 0.4) is 0 Å². The molecule has 0 aliphatic rings. The second kappa shape index (κ2) is 8.14. The van der Waals surface area contributed by atoms with Crippen LogP contribution in [0.2, 0.25) is 0 Å². The molecule has 1 N–H and O–H groups in total. The van der Waals surface area contributed by atoms with E-state index in [0.717, 1.165) is 11.3 Å². The van der Waals surface area contributed by atoms with E-state index in [1.807, 2.05) is 0 Å². The van der Waals surface area contributed by atoms with Gasteiger partial charge in [0.25, 0.3) is 0 Å². The summed E-state index contributed by atoms with van der Waals surface area (Å²) in [6.45, 7) is 10.6. The number of esters is 2. The molecule has 1 aromatic heterocycles. The fourth-order valence-electron chi connectivity index (χ4n) is 1.83. The lowest BCUT2D eigenvalue weighted by atomic mass is 10.1. The first-order chi connectivity index (χ1) is 11.1. The molecule has 1 amide bonds. The molecule has 1 aromatic rings. The van der Waals surface area contributed by atoms with Gasteiger partial charge in [-0.3, -0.25) is 5.32 Å². The number of anilines is 1. The molecule has 0 aromatic carbocycles. The molecule has 0 fully saturated rings. The zero-order valence-electron chi connectivity index (χ0n) is 14.8. The minimum absolute atomic E-state index is 0.135. The lowest BCUT2D eigenvalue weighted by Crippen LogP contribution is -2.23. The van der Waals surface area contributed by atoms with Gasteiger partial charge in [0.05, 0.1) is 18.8 Å². The topological polar surface area (TPSA) is 90.9 Å². The van der Waals surface area contributed by atoms with Crippen molar-refractivity contribution in [2.75, 3.05) is 18.5 Å². The molecule has 1 rings (SSSR count). The average Bonchev–Trinajstić information content (AvgIpc) is 2.74. The van der Waals surface area contributed by atoms with Gasteiger partial charge < -0.3 is 14.2 Å². The first-order valence-electron chi connectivity index (χ1n) is 7.58. The number of ether oxygens (including phenoxy) is 3. The summed E-state index contributed by atoms with van der Waals surface area (Å²) in [5.74, 6) is -1.18. The van der Waals surface area contributed by atoms with Crippen molar-refractivity contribution in [2.45, 2.75) is 47.1 Å².